The zero-order valence-corrected chi connectivity index (χ0v) is 14.8. The van der Waals surface area contributed by atoms with E-state index in [1.54, 1.807) is 12.3 Å². The Hall–Kier alpha value is -0.650. The molecule has 4 nitrogen and oxygen atoms in total. The molecule has 1 aromatic heterocycles. The van der Waals surface area contributed by atoms with Gasteiger partial charge in [0.15, 0.2) is 5.15 Å². The second-order valence-corrected chi connectivity index (χ2v) is 7.66. The molecule has 0 aliphatic heterocycles. The molecule has 6 heteroatoms. The molecule has 1 aliphatic carbocycles. The van der Waals surface area contributed by atoms with E-state index >= 15 is 0 Å². The monoisotopic (exact) mass is 373 g/mol. The second kappa shape index (κ2) is 6.23. The van der Waals surface area contributed by atoms with Gasteiger partial charge in [0.1, 0.15) is 0 Å². The number of halogens is 2. The molecule has 3 atom stereocenters. The third kappa shape index (κ3) is 3.41. The molecule has 1 amide bonds. The molecule has 0 aromatic carbocycles. The number of aromatic nitrogens is 1. The van der Waals surface area contributed by atoms with Crippen LogP contribution in [0.3, 0.4) is 0 Å². The van der Waals surface area contributed by atoms with Gasteiger partial charge >= 0.3 is 0 Å². The molecule has 116 valence electrons. The molecule has 3 N–H and O–H groups in total. The number of hydrogen-bond donors (Lipinski definition) is 2. The lowest BCUT2D eigenvalue weighted by Gasteiger charge is -2.46. The largest absolute Gasteiger partial charge is 0.327 e. The highest BCUT2D eigenvalue weighted by atomic mass is 79.9. The summed E-state index contributed by atoms with van der Waals surface area (Å²) in [7, 11) is 0. The highest BCUT2D eigenvalue weighted by molar-refractivity contribution is 9.10. The van der Waals surface area contributed by atoms with E-state index in [1.807, 2.05) is 0 Å². The third-order valence-electron chi connectivity index (χ3n) is 4.88. The van der Waals surface area contributed by atoms with Crippen molar-refractivity contribution in [3.63, 3.8) is 0 Å². The molecule has 0 saturated heterocycles. The highest BCUT2D eigenvalue weighted by Crippen LogP contribution is 2.44. The molecule has 1 aliphatic rings. The van der Waals surface area contributed by atoms with Gasteiger partial charge in [-0.1, -0.05) is 32.4 Å². The average Bonchev–Trinajstić information content (AvgIpc) is 2.40. The maximum atomic E-state index is 12.6. The summed E-state index contributed by atoms with van der Waals surface area (Å²) < 4.78 is 0.778. The molecule has 2 rings (SSSR count). The number of anilines is 1. The Morgan fingerprint density at radius 1 is 1.52 bits per heavy atom. The number of pyridine rings is 1. The minimum Gasteiger partial charge on any atom is -0.327 e. The van der Waals surface area contributed by atoms with Crippen molar-refractivity contribution in [2.24, 2.45) is 23.0 Å². The van der Waals surface area contributed by atoms with Crippen LogP contribution in [0.4, 0.5) is 5.69 Å². The molecule has 1 heterocycles. The van der Waals surface area contributed by atoms with Crippen LogP contribution in [0.2, 0.25) is 5.15 Å². The van der Waals surface area contributed by atoms with Crippen molar-refractivity contribution in [3.8, 4) is 0 Å². The summed E-state index contributed by atoms with van der Waals surface area (Å²) in [6.45, 7) is 6.35. The van der Waals surface area contributed by atoms with Gasteiger partial charge in [0.05, 0.1) is 5.69 Å². The summed E-state index contributed by atoms with van der Waals surface area (Å²) in [5.74, 6) is 0.195. The topological polar surface area (TPSA) is 68.0 Å². The van der Waals surface area contributed by atoms with Gasteiger partial charge in [0, 0.05) is 22.6 Å². The van der Waals surface area contributed by atoms with Crippen molar-refractivity contribution in [3.05, 3.63) is 21.9 Å². The van der Waals surface area contributed by atoms with E-state index in [9.17, 15) is 4.79 Å². The summed E-state index contributed by atoms with van der Waals surface area (Å²) >= 11 is 9.37. The van der Waals surface area contributed by atoms with E-state index in [0.29, 0.717) is 10.8 Å². The SMILES string of the molecule is CC1C(N)CCC(C(=O)Nc2cc(Br)cnc2Cl)C1(C)C. The van der Waals surface area contributed by atoms with E-state index < -0.39 is 0 Å². The van der Waals surface area contributed by atoms with Crippen LogP contribution in [0.25, 0.3) is 0 Å². The summed E-state index contributed by atoms with van der Waals surface area (Å²) in [5.41, 5.74) is 6.54. The fraction of sp³-hybridized carbons (Fsp3) is 0.600. The van der Waals surface area contributed by atoms with E-state index in [1.165, 1.54) is 0 Å². The van der Waals surface area contributed by atoms with E-state index in [4.69, 9.17) is 17.3 Å². The van der Waals surface area contributed by atoms with Crippen LogP contribution in [-0.2, 0) is 4.79 Å². The van der Waals surface area contributed by atoms with Crippen LogP contribution >= 0.6 is 27.5 Å². The smallest absolute Gasteiger partial charge is 0.228 e. The Labute approximate surface area is 139 Å². The fourth-order valence-corrected chi connectivity index (χ4v) is 3.53. The normalized spacial score (nSPS) is 28.2. The molecule has 21 heavy (non-hydrogen) atoms. The number of nitrogens with zero attached hydrogens (tertiary/aromatic N) is 1. The number of carbonyl (C=O) groups is 1. The van der Waals surface area contributed by atoms with E-state index in [0.717, 1.165) is 17.3 Å². The van der Waals surface area contributed by atoms with Gasteiger partial charge in [-0.25, -0.2) is 4.98 Å². The van der Waals surface area contributed by atoms with Crippen LogP contribution < -0.4 is 11.1 Å². The van der Waals surface area contributed by atoms with Gasteiger partial charge < -0.3 is 11.1 Å². The predicted molar refractivity (Wildman–Crippen MR) is 89.2 cm³/mol. The Balaban J connectivity index is 2.18. The quantitative estimate of drug-likeness (QED) is 0.773. The molecule has 1 aromatic rings. The highest BCUT2D eigenvalue weighted by Gasteiger charge is 2.45. The number of nitrogens with two attached hydrogens (primary N) is 1. The van der Waals surface area contributed by atoms with Crippen molar-refractivity contribution < 1.29 is 4.79 Å². The van der Waals surface area contributed by atoms with Crippen molar-refractivity contribution in [1.29, 1.82) is 0 Å². The molecular formula is C15H21BrClN3O. The standard InChI is InChI=1S/C15H21BrClN3O/c1-8-11(18)5-4-10(15(8,2)3)14(21)20-12-6-9(16)7-19-13(12)17/h6-8,10-11H,4-5,18H2,1-3H3,(H,20,21). The van der Waals surface area contributed by atoms with Gasteiger partial charge in [0.25, 0.3) is 0 Å². The van der Waals surface area contributed by atoms with E-state index in [-0.39, 0.29) is 29.2 Å². The summed E-state index contributed by atoms with van der Waals surface area (Å²) in [4.78, 5) is 16.7. The first-order valence-corrected chi connectivity index (χ1v) is 8.28. The molecule has 3 unspecified atom stereocenters. The lowest BCUT2D eigenvalue weighted by molar-refractivity contribution is -0.127. The third-order valence-corrected chi connectivity index (χ3v) is 5.62. The zero-order chi connectivity index (χ0) is 15.8. The van der Waals surface area contributed by atoms with Gasteiger partial charge in [-0.3, -0.25) is 4.79 Å². The first-order valence-electron chi connectivity index (χ1n) is 7.11. The van der Waals surface area contributed by atoms with Crippen LogP contribution in [0.1, 0.15) is 33.6 Å². The number of rotatable bonds is 2. The molecule has 1 saturated carbocycles. The first-order chi connectivity index (χ1) is 9.73. The van der Waals surface area contributed by atoms with Crippen molar-refractivity contribution in [1.82, 2.24) is 4.98 Å². The van der Waals surface area contributed by atoms with Crippen LogP contribution in [0.5, 0.6) is 0 Å². The minimum atomic E-state index is -0.145. The zero-order valence-electron chi connectivity index (χ0n) is 12.5. The first kappa shape index (κ1) is 16.7. The van der Waals surface area contributed by atoms with Gasteiger partial charge in [0.2, 0.25) is 5.91 Å². The second-order valence-electron chi connectivity index (χ2n) is 6.38. The van der Waals surface area contributed by atoms with Crippen molar-refractivity contribution >= 4 is 39.1 Å². The van der Waals surface area contributed by atoms with Crippen molar-refractivity contribution in [2.45, 2.75) is 39.7 Å². The maximum absolute atomic E-state index is 12.6. The van der Waals surface area contributed by atoms with E-state index in [2.05, 4.69) is 47.0 Å². The number of amides is 1. The van der Waals surface area contributed by atoms with Crippen LogP contribution in [0.15, 0.2) is 16.7 Å². The minimum absolute atomic E-state index is 0.0134. The molecular weight excluding hydrogens is 354 g/mol. The molecule has 0 spiro atoms. The lowest BCUT2D eigenvalue weighted by Crippen LogP contribution is -2.50. The Bertz CT molecular complexity index is 550. The maximum Gasteiger partial charge on any atom is 0.228 e. The number of carbonyl (C=O) groups excluding carboxylic acids is 1. The average molecular weight is 375 g/mol. The predicted octanol–water partition coefficient (Wildman–Crippen LogP) is 3.84. The van der Waals surface area contributed by atoms with Crippen molar-refractivity contribution in [2.75, 3.05) is 5.32 Å². The molecule has 0 radical (unpaired) electrons. The lowest BCUT2D eigenvalue weighted by atomic mass is 9.61. The van der Waals surface area contributed by atoms with Crippen LogP contribution in [-0.4, -0.2) is 16.9 Å². The van der Waals surface area contributed by atoms with Gasteiger partial charge in [-0.15, -0.1) is 0 Å². The van der Waals surface area contributed by atoms with Gasteiger partial charge in [-0.05, 0) is 46.2 Å². The molecule has 0 bridgehead atoms. The summed E-state index contributed by atoms with van der Waals surface area (Å²) in [5, 5.41) is 3.20. The Morgan fingerprint density at radius 2 is 2.19 bits per heavy atom. The molecule has 1 fully saturated rings. The van der Waals surface area contributed by atoms with Crippen LogP contribution in [0, 0.1) is 17.3 Å². The summed E-state index contributed by atoms with van der Waals surface area (Å²) in [6, 6.07) is 1.92. The Kier molecular flexibility index (Phi) is 4.96. The number of hydrogen-bond acceptors (Lipinski definition) is 3. The summed E-state index contributed by atoms with van der Waals surface area (Å²) in [6.07, 6.45) is 3.26. The Morgan fingerprint density at radius 3 is 2.86 bits per heavy atom. The number of nitrogens with one attached hydrogen (secondary N) is 1. The van der Waals surface area contributed by atoms with Gasteiger partial charge in [-0.2, -0.15) is 0 Å². The fourth-order valence-electron chi connectivity index (χ4n) is 3.05.